The van der Waals surface area contributed by atoms with Crippen molar-refractivity contribution < 1.29 is 23.8 Å². The van der Waals surface area contributed by atoms with Crippen LogP contribution in [0.3, 0.4) is 0 Å². The van der Waals surface area contributed by atoms with Crippen LogP contribution in [0.2, 0.25) is 0 Å². The zero-order valence-corrected chi connectivity index (χ0v) is 13.5. The van der Waals surface area contributed by atoms with Crippen molar-refractivity contribution >= 4 is 28.1 Å². The van der Waals surface area contributed by atoms with Crippen molar-refractivity contribution in [2.24, 2.45) is 0 Å². The number of carboxylic acid groups (broad SMARTS) is 1. The molecule has 0 unspecified atom stereocenters. The number of oxazole rings is 1. The molecule has 0 saturated heterocycles. The second-order valence-corrected chi connectivity index (χ2v) is 5.42. The first-order valence-electron chi connectivity index (χ1n) is 7.48. The molecule has 126 valence electrons. The summed E-state index contributed by atoms with van der Waals surface area (Å²) in [5.41, 5.74) is 2.03. The first-order valence-corrected chi connectivity index (χ1v) is 7.48. The Balaban J connectivity index is 1.96. The van der Waals surface area contributed by atoms with Crippen LogP contribution >= 0.6 is 0 Å². The summed E-state index contributed by atoms with van der Waals surface area (Å²) in [5.74, 6) is 1.50. The van der Waals surface area contributed by atoms with Crippen LogP contribution in [-0.4, -0.2) is 35.0 Å². The van der Waals surface area contributed by atoms with Gasteiger partial charge in [-0.25, -0.2) is 14.3 Å². The van der Waals surface area contributed by atoms with Crippen LogP contribution in [0.4, 0.5) is 4.79 Å². The maximum absolute atomic E-state index is 11.8. The summed E-state index contributed by atoms with van der Waals surface area (Å²) in [6.45, 7) is 0. The van der Waals surface area contributed by atoms with Crippen LogP contribution in [0.1, 0.15) is 0 Å². The summed E-state index contributed by atoms with van der Waals surface area (Å²) in [6, 6.07) is 12.1. The lowest BCUT2D eigenvalue weighted by molar-refractivity contribution is 0.197. The van der Waals surface area contributed by atoms with E-state index >= 15 is 0 Å². The normalized spacial score (nSPS) is 11.1. The minimum Gasteiger partial charge on any atom is -0.497 e. The highest BCUT2D eigenvalue weighted by Gasteiger charge is 2.20. The Hall–Kier alpha value is -3.48. The van der Waals surface area contributed by atoms with E-state index in [0.29, 0.717) is 33.8 Å². The second-order valence-electron chi connectivity index (χ2n) is 5.42. The van der Waals surface area contributed by atoms with Gasteiger partial charge in [-0.15, -0.1) is 0 Å². The molecule has 4 aromatic rings. The molecule has 0 aliphatic heterocycles. The van der Waals surface area contributed by atoms with E-state index in [-0.39, 0.29) is 5.89 Å². The van der Waals surface area contributed by atoms with Crippen molar-refractivity contribution in [3.05, 3.63) is 42.5 Å². The predicted octanol–water partition coefficient (Wildman–Crippen LogP) is 3.99. The van der Waals surface area contributed by atoms with E-state index in [4.69, 9.17) is 13.9 Å². The molecule has 0 aliphatic rings. The van der Waals surface area contributed by atoms with Crippen LogP contribution in [0.5, 0.6) is 11.5 Å². The molecule has 0 bridgehead atoms. The van der Waals surface area contributed by atoms with E-state index in [9.17, 15) is 9.90 Å². The molecule has 0 fully saturated rings. The molecule has 0 amide bonds. The lowest BCUT2D eigenvalue weighted by Gasteiger charge is -2.02. The Morgan fingerprint density at radius 3 is 2.52 bits per heavy atom. The number of methoxy groups -OCH3 is 2. The lowest BCUT2D eigenvalue weighted by Crippen LogP contribution is -2.09. The number of fused-ring (bicyclic) bond motifs is 2. The number of ether oxygens (including phenoxy) is 2. The van der Waals surface area contributed by atoms with Gasteiger partial charge in [-0.05, 0) is 36.4 Å². The van der Waals surface area contributed by atoms with Crippen LogP contribution in [0.25, 0.3) is 33.6 Å². The summed E-state index contributed by atoms with van der Waals surface area (Å²) in [4.78, 5) is 16.2. The van der Waals surface area contributed by atoms with Crippen molar-refractivity contribution in [2.45, 2.75) is 0 Å². The largest absolute Gasteiger partial charge is 0.497 e. The third-order valence-corrected chi connectivity index (χ3v) is 4.01. The third-order valence-electron chi connectivity index (χ3n) is 4.01. The van der Waals surface area contributed by atoms with Gasteiger partial charge in [-0.3, -0.25) is 0 Å². The Morgan fingerprint density at radius 2 is 1.80 bits per heavy atom. The summed E-state index contributed by atoms with van der Waals surface area (Å²) in [6.07, 6.45) is -1.12. The van der Waals surface area contributed by atoms with Crippen molar-refractivity contribution in [1.29, 1.82) is 0 Å². The van der Waals surface area contributed by atoms with E-state index < -0.39 is 6.09 Å². The van der Waals surface area contributed by atoms with Gasteiger partial charge in [-0.2, -0.15) is 0 Å². The molecule has 1 N–H and O–H groups in total. The highest BCUT2D eigenvalue weighted by molar-refractivity contribution is 5.95. The fraction of sp³-hybridized carbons (Fsp3) is 0.111. The van der Waals surface area contributed by atoms with Gasteiger partial charge in [0.05, 0.1) is 19.7 Å². The van der Waals surface area contributed by atoms with Crippen LogP contribution in [0, 0.1) is 0 Å². The van der Waals surface area contributed by atoms with E-state index in [1.165, 1.54) is 0 Å². The van der Waals surface area contributed by atoms with Crippen molar-refractivity contribution in [2.75, 3.05) is 14.2 Å². The maximum atomic E-state index is 11.8. The number of benzene rings is 2. The van der Waals surface area contributed by atoms with E-state index in [1.54, 1.807) is 56.7 Å². The van der Waals surface area contributed by atoms with Gasteiger partial charge in [0.25, 0.3) is 0 Å². The summed E-state index contributed by atoms with van der Waals surface area (Å²) in [7, 11) is 3.12. The molecule has 7 heteroatoms. The Labute approximate surface area is 142 Å². The molecule has 7 nitrogen and oxygen atoms in total. The average Bonchev–Trinajstić information content (AvgIpc) is 3.20. The number of carbonyl (C=O) groups is 1. The Morgan fingerprint density at radius 1 is 1.08 bits per heavy atom. The lowest BCUT2D eigenvalue weighted by atomic mass is 10.2. The zero-order valence-electron chi connectivity index (χ0n) is 13.5. The molecule has 0 saturated carbocycles. The summed E-state index contributed by atoms with van der Waals surface area (Å²) in [5, 5.41) is 10.4. The van der Waals surface area contributed by atoms with Gasteiger partial charge < -0.3 is 19.0 Å². The average molecular weight is 338 g/mol. The fourth-order valence-electron chi connectivity index (χ4n) is 2.83. The van der Waals surface area contributed by atoms with Crippen LogP contribution in [-0.2, 0) is 0 Å². The number of hydrogen-bond acceptors (Lipinski definition) is 5. The molecule has 0 spiro atoms. The second kappa shape index (κ2) is 5.55. The first kappa shape index (κ1) is 15.1. The van der Waals surface area contributed by atoms with Gasteiger partial charge in [0.2, 0.25) is 5.89 Å². The monoisotopic (exact) mass is 338 g/mol. The van der Waals surface area contributed by atoms with Gasteiger partial charge in [0.15, 0.2) is 5.58 Å². The molecular formula is C18H14N2O5. The topological polar surface area (TPSA) is 86.7 Å². The fourth-order valence-corrected chi connectivity index (χ4v) is 2.83. The van der Waals surface area contributed by atoms with Gasteiger partial charge in [0, 0.05) is 11.5 Å². The maximum Gasteiger partial charge on any atom is 0.416 e. The molecule has 2 heterocycles. The quantitative estimate of drug-likeness (QED) is 0.608. The number of aromatic nitrogens is 2. The van der Waals surface area contributed by atoms with Crippen molar-refractivity contribution in [3.63, 3.8) is 0 Å². The highest BCUT2D eigenvalue weighted by atomic mass is 16.5. The minimum absolute atomic E-state index is 0.223. The molecule has 4 rings (SSSR count). The highest BCUT2D eigenvalue weighted by Crippen LogP contribution is 2.32. The van der Waals surface area contributed by atoms with Crippen LogP contribution < -0.4 is 9.47 Å². The van der Waals surface area contributed by atoms with Crippen LogP contribution in [0.15, 0.2) is 46.9 Å². The predicted molar refractivity (Wildman–Crippen MR) is 91.5 cm³/mol. The first-order chi connectivity index (χ1) is 12.1. The molecule has 0 aliphatic carbocycles. The summed E-state index contributed by atoms with van der Waals surface area (Å²) >= 11 is 0. The number of hydrogen-bond donors (Lipinski definition) is 1. The number of nitrogens with zero attached hydrogens (tertiary/aromatic N) is 2. The van der Waals surface area contributed by atoms with E-state index in [2.05, 4.69) is 4.98 Å². The minimum atomic E-state index is -1.12. The molecule has 2 aromatic heterocycles. The summed E-state index contributed by atoms with van der Waals surface area (Å²) < 4.78 is 17.3. The Bertz CT molecular complexity index is 1110. The van der Waals surface area contributed by atoms with Crippen molar-refractivity contribution in [3.8, 4) is 23.1 Å². The molecule has 0 atom stereocenters. The standard InChI is InChI=1S/C18H14N2O5/c1-23-11-4-6-14-10(7-11)8-15(20(14)18(21)22)17-19-13-5-3-12(24-2)9-16(13)25-17/h3-9H,1-2H3,(H,21,22). The molecular weight excluding hydrogens is 324 g/mol. The molecule has 2 aromatic carbocycles. The van der Waals surface area contributed by atoms with Gasteiger partial charge >= 0.3 is 6.09 Å². The number of rotatable bonds is 3. The third kappa shape index (κ3) is 2.37. The zero-order chi connectivity index (χ0) is 17.6. The molecule has 0 radical (unpaired) electrons. The van der Waals surface area contributed by atoms with Crippen molar-refractivity contribution in [1.82, 2.24) is 9.55 Å². The van der Waals surface area contributed by atoms with E-state index in [1.807, 2.05) is 0 Å². The van der Waals surface area contributed by atoms with Gasteiger partial charge in [-0.1, -0.05) is 0 Å². The SMILES string of the molecule is COc1ccc2c(c1)cc(-c1nc3ccc(OC)cc3o1)n2C(=O)O. The molecule has 25 heavy (non-hydrogen) atoms. The van der Waals surface area contributed by atoms with E-state index in [0.717, 1.165) is 9.95 Å². The van der Waals surface area contributed by atoms with Gasteiger partial charge in [0.1, 0.15) is 22.7 Å². The Kier molecular flexibility index (Phi) is 3.35. The smallest absolute Gasteiger partial charge is 0.416 e.